The molecule has 2 aromatic heterocycles. The second kappa shape index (κ2) is 4.50. The second-order valence-corrected chi connectivity index (χ2v) is 4.45. The van der Waals surface area contributed by atoms with E-state index in [-0.39, 0.29) is 5.56 Å². The maximum absolute atomic E-state index is 11.8. The highest BCUT2D eigenvalue weighted by Crippen LogP contribution is 1.97. The number of aryl methyl sites for hydroxylation is 2. The first kappa shape index (κ1) is 11.5. The number of hydrogen-bond acceptors (Lipinski definition) is 3. The number of aromatic nitrogens is 2. The predicted octanol–water partition coefficient (Wildman–Crippen LogP) is 0.526. The number of nitrogens with zero attached hydrogens (tertiary/aromatic N) is 3. The van der Waals surface area contributed by atoms with Gasteiger partial charge in [-0.1, -0.05) is 0 Å². The van der Waals surface area contributed by atoms with Crippen molar-refractivity contribution in [2.75, 3.05) is 0 Å². The number of amides is 1. The third-order valence-electron chi connectivity index (χ3n) is 2.31. The van der Waals surface area contributed by atoms with E-state index in [2.05, 4.69) is 4.99 Å². The Morgan fingerprint density at radius 2 is 2.06 bits per heavy atom. The Labute approximate surface area is 101 Å². The standard InChI is InChI=1S/C11H11N3O2S/c1-13-4-3-8(7-9(13)15)10(16)12-11-14(2)5-6-17-11/h3-7H,1-2H3. The van der Waals surface area contributed by atoms with Crippen LogP contribution in [0, 0.1) is 0 Å². The highest BCUT2D eigenvalue weighted by molar-refractivity contribution is 7.07. The number of hydrogen-bond donors (Lipinski definition) is 0. The third-order valence-corrected chi connectivity index (χ3v) is 3.16. The van der Waals surface area contributed by atoms with Gasteiger partial charge in [0.2, 0.25) is 0 Å². The smallest absolute Gasteiger partial charge is 0.279 e. The molecule has 0 atom stereocenters. The van der Waals surface area contributed by atoms with E-state index in [1.807, 2.05) is 18.6 Å². The SMILES string of the molecule is Cn1ccc(C(=O)N=c2sccn2C)cc1=O. The molecule has 0 saturated carbocycles. The van der Waals surface area contributed by atoms with E-state index in [1.54, 1.807) is 23.9 Å². The maximum Gasteiger partial charge on any atom is 0.279 e. The molecular weight excluding hydrogens is 238 g/mol. The van der Waals surface area contributed by atoms with Gasteiger partial charge in [0.05, 0.1) is 0 Å². The van der Waals surface area contributed by atoms with Gasteiger partial charge in [-0.15, -0.1) is 11.3 Å². The van der Waals surface area contributed by atoms with Gasteiger partial charge in [0.15, 0.2) is 4.80 Å². The van der Waals surface area contributed by atoms with Crippen LogP contribution in [0.25, 0.3) is 0 Å². The lowest BCUT2D eigenvalue weighted by Crippen LogP contribution is -2.18. The van der Waals surface area contributed by atoms with Gasteiger partial charge >= 0.3 is 0 Å². The zero-order valence-electron chi connectivity index (χ0n) is 9.45. The Balaban J connectivity index is 2.43. The first-order chi connectivity index (χ1) is 8.08. The molecule has 0 unspecified atom stereocenters. The van der Waals surface area contributed by atoms with Crippen LogP contribution >= 0.6 is 11.3 Å². The number of carbonyl (C=O) groups excluding carboxylic acids is 1. The average molecular weight is 249 g/mol. The fraction of sp³-hybridized carbons (Fsp3) is 0.182. The van der Waals surface area contributed by atoms with Crippen molar-refractivity contribution >= 4 is 17.2 Å². The van der Waals surface area contributed by atoms with E-state index in [1.165, 1.54) is 22.0 Å². The first-order valence-electron chi connectivity index (χ1n) is 4.94. The maximum atomic E-state index is 11.8. The number of rotatable bonds is 1. The van der Waals surface area contributed by atoms with Gasteiger partial charge in [-0.05, 0) is 6.07 Å². The molecule has 0 spiro atoms. The molecule has 2 aromatic rings. The highest BCUT2D eigenvalue weighted by atomic mass is 32.1. The topological polar surface area (TPSA) is 56.4 Å². The minimum Gasteiger partial charge on any atom is -0.327 e. The summed E-state index contributed by atoms with van der Waals surface area (Å²) in [5, 5.41) is 1.84. The fourth-order valence-electron chi connectivity index (χ4n) is 1.27. The molecule has 0 N–H and O–H groups in total. The molecule has 2 rings (SSSR count). The summed E-state index contributed by atoms with van der Waals surface area (Å²) in [6.07, 6.45) is 3.38. The molecule has 0 aliphatic carbocycles. The van der Waals surface area contributed by atoms with Crippen LogP contribution in [0.4, 0.5) is 0 Å². The Hall–Kier alpha value is -1.95. The predicted molar refractivity (Wildman–Crippen MR) is 64.9 cm³/mol. The Kier molecular flexibility index (Phi) is 3.06. The lowest BCUT2D eigenvalue weighted by Gasteiger charge is -1.97. The second-order valence-electron chi connectivity index (χ2n) is 3.58. The monoisotopic (exact) mass is 249 g/mol. The number of thiazole rings is 1. The lowest BCUT2D eigenvalue weighted by molar-refractivity contribution is 0.0997. The van der Waals surface area contributed by atoms with Crippen LogP contribution < -0.4 is 10.4 Å². The summed E-state index contributed by atoms with van der Waals surface area (Å²) in [7, 11) is 3.44. The summed E-state index contributed by atoms with van der Waals surface area (Å²) >= 11 is 1.37. The van der Waals surface area contributed by atoms with Crippen LogP contribution in [0.5, 0.6) is 0 Å². The zero-order chi connectivity index (χ0) is 12.4. The van der Waals surface area contributed by atoms with Gasteiger partial charge in [0.25, 0.3) is 11.5 Å². The average Bonchev–Trinajstić information content (AvgIpc) is 2.68. The Morgan fingerprint density at radius 3 is 2.65 bits per heavy atom. The summed E-state index contributed by atoms with van der Waals surface area (Å²) in [6, 6.07) is 2.88. The molecule has 1 amide bonds. The molecule has 88 valence electrons. The van der Waals surface area contributed by atoms with Gasteiger partial charge in [0.1, 0.15) is 0 Å². The van der Waals surface area contributed by atoms with E-state index in [9.17, 15) is 9.59 Å². The molecule has 2 heterocycles. The molecule has 0 bridgehead atoms. The van der Waals surface area contributed by atoms with Crippen molar-refractivity contribution in [2.24, 2.45) is 19.1 Å². The molecule has 5 nitrogen and oxygen atoms in total. The van der Waals surface area contributed by atoms with Crippen molar-refractivity contribution in [3.05, 3.63) is 50.6 Å². The van der Waals surface area contributed by atoms with Crippen molar-refractivity contribution in [1.29, 1.82) is 0 Å². The molecular formula is C11H11N3O2S. The lowest BCUT2D eigenvalue weighted by atomic mass is 10.2. The fourth-order valence-corrected chi connectivity index (χ4v) is 2.00. The van der Waals surface area contributed by atoms with Gasteiger partial charge in [-0.3, -0.25) is 9.59 Å². The summed E-state index contributed by atoms with van der Waals surface area (Å²) in [6.45, 7) is 0. The Morgan fingerprint density at radius 1 is 1.29 bits per heavy atom. The summed E-state index contributed by atoms with van der Waals surface area (Å²) in [4.78, 5) is 27.7. The van der Waals surface area contributed by atoms with Crippen molar-refractivity contribution in [2.45, 2.75) is 0 Å². The molecule has 0 saturated heterocycles. The van der Waals surface area contributed by atoms with E-state index in [4.69, 9.17) is 0 Å². The largest absolute Gasteiger partial charge is 0.327 e. The van der Waals surface area contributed by atoms with Gasteiger partial charge in [-0.2, -0.15) is 4.99 Å². The molecule has 0 aliphatic heterocycles. The van der Waals surface area contributed by atoms with E-state index in [0.29, 0.717) is 10.4 Å². The number of pyridine rings is 1. The van der Waals surface area contributed by atoms with Crippen molar-refractivity contribution in [3.8, 4) is 0 Å². The van der Waals surface area contributed by atoms with Crippen LogP contribution in [0.15, 0.2) is 39.7 Å². The summed E-state index contributed by atoms with van der Waals surface area (Å²) < 4.78 is 3.16. The van der Waals surface area contributed by atoms with Crippen LogP contribution in [-0.4, -0.2) is 15.0 Å². The van der Waals surface area contributed by atoms with Crippen molar-refractivity contribution < 1.29 is 4.79 Å². The van der Waals surface area contributed by atoms with E-state index >= 15 is 0 Å². The zero-order valence-corrected chi connectivity index (χ0v) is 10.3. The molecule has 0 radical (unpaired) electrons. The molecule has 0 aromatic carbocycles. The van der Waals surface area contributed by atoms with Gasteiger partial charge < -0.3 is 9.13 Å². The quantitative estimate of drug-likeness (QED) is 0.740. The normalized spacial score (nSPS) is 11.8. The van der Waals surface area contributed by atoms with E-state index in [0.717, 1.165) is 0 Å². The van der Waals surface area contributed by atoms with Crippen LogP contribution in [0.3, 0.4) is 0 Å². The molecule has 6 heteroatoms. The minimum absolute atomic E-state index is 0.221. The van der Waals surface area contributed by atoms with Crippen LogP contribution in [0.1, 0.15) is 10.4 Å². The van der Waals surface area contributed by atoms with Crippen LogP contribution in [0.2, 0.25) is 0 Å². The van der Waals surface area contributed by atoms with E-state index < -0.39 is 5.91 Å². The van der Waals surface area contributed by atoms with Gasteiger partial charge in [0, 0.05) is 43.5 Å². The van der Waals surface area contributed by atoms with Gasteiger partial charge in [-0.25, -0.2) is 0 Å². The Bertz CT molecular complexity index is 678. The van der Waals surface area contributed by atoms with Crippen molar-refractivity contribution in [3.63, 3.8) is 0 Å². The first-order valence-corrected chi connectivity index (χ1v) is 5.82. The summed E-state index contributed by atoms with van der Waals surface area (Å²) in [5.41, 5.74) is 0.0862. The molecule has 0 fully saturated rings. The molecule has 17 heavy (non-hydrogen) atoms. The van der Waals surface area contributed by atoms with Crippen LogP contribution in [-0.2, 0) is 14.1 Å². The number of carbonyl (C=O) groups is 1. The third kappa shape index (κ3) is 2.42. The van der Waals surface area contributed by atoms with Crippen molar-refractivity contribution in [1.82, 2.24) is 9.13 Å². The highest BCUT2D eigenvalue weighted by Gasteiger charge is 2.05. The summed E-state index contributed by atoms with van der Waals surface area (Å²) in [5.74, 6) is -0.402. The molecule has 0 aliphatic rings. The minimum atomic E-state index is -0.402.